The number of alkyl halides is 3. The first-order chi connectivity index (χ1) is 9.63. The molecular formula is C12H13F3N2O3S. The molecule has 2 N–H and O–H groups in total. The van der Waals surface area contributed by atoms with Crippen LogP contribution in [0, 0.1) is 0 Å². The Morgan fingerprint density at radius 3 is 2.52 bits per heavy atom. The molecule has 0 unspecified atom stereocenters. The lowest BCUT2D eigenvalue weighted by Crippen LogP contribution is -2.13. The van der Waals surface area contributed by atoms with Crippen molar-refractivity contribution in [1.29, 1.82) is 0 Å². The molecule has 0 spiro atoms. The minimum atomic E-state index is -4.34. The Hall–Kier alpha value is -1.74. The van der Waals surface area contributed by atoms with Crippen LogP contribution in [-0.4, -0.2) is 26.3 Å². The minimum Gasteiger partial charge on any atom is -0.496 e. The maximum Gasteiger partial charge on any atom is 0.390 e. The monoisotopic (exact) mass is 322 g/mol. The van der Waals surface area contributed by atoms with Crippen molar-refractivity contribution in [2.75, 3.05) is 7.11 Å². The van der Waals surface area contributed by atoms with Crippen molar-refractivity contribution >= 4 is 20.9 Å². The van der Waals surface area contributed by atoms with E-state index in [-0.39, 0.29) is 16.0 Å². The molecule has 9 heteroatoms. The summed E-state index contributed by atoms with van der Waals surface area (Å²) in [5.41, 5.74) is 0.322. The summed E-state index contributed by atoms with van der Waals surface area (Å²) in [6.45, 7) is -0.400. The van der Waals surface area contributed by atoms with Crippen molar-refractivity contribution < 1.29 is 26.3 Å². The zero-order chi connectivity index (χ0) is 15.8. The first-order valence-electron chi connectivity index (χ1n) is 5.89. The topological polar surface area (TPSA) is 74.3 Å². The van der Waals surface area contributed by atoms with Crippen LogP contribution in [0.15, 0.2) is 29.3 Å². The van der Waals surface area contributed by atoms with Crippen molar-refractivity contribution in [3.05, 3.63) is 24.4 Å². The van der Waals surface area contributed by atoms with Crippen molar-refractivity contribution in [2.24, 2.45) is 5.14 Å². The standard InChI is InChI=1S/C12H13F3N2O3S/c1-20-9-4-2-3-8-11(9)10(21(16,18)19)7-17(8)6-5-12(13,14)15/h2-4,7H,5-6H2,1H3,(H2,16,18,19). The Kier molecular flexibility index (Phi) is 3.89. The second-order valence-corrected chi connectivity index (χ2v) is 5.98. The number of ether oxygens (including phenoxy) is 1. The van der Waals surface area contributed by atoms with Gasteiger partial charge in [0.05, 0.1) is 24.4 Å². The van der Waals surface area contributed by atoms with E-state index in [0.717, 1.165) is 6.20 Å². The van der Waals surface area contributed by atoms with Crippen molar-refractivity contribution in [3.8, 4) is 5.75 Å². The third kappa shape index (κ3) is 3.30. The second kappa shape index (κ2) is 5.23. The number of nitrogens with zero attached hydrogens (tertiary/aromatic N) is 1. The molecule has 1 aromatic heterocycles. The SMILES string of the molecule is COc1cccc2c1c(S(N)(=O)=O)cn2CCC(F)(F)F. The summed E-state index contributed by atoms with van der Waals surface area (Å²) in [7, 11) is -2.74. The van der Waals surface area contributed by atoms with E-state index in [4.69, 9.17) is 9.88 Å². The predicted molar refractivity (Wildman–Crippen MR) is 70.5 cm³/mol. The van der Waals surface area contributed by atoms with E-state index < -0.39 is 29.2 Å². The second-order valence-electron chi connectivity index (χ2n) is 4.45. The van der Waals surface area contributed by atoms with Crippen LogP contribution < -0.4 is 9.88 Å². The van der Waals surface area contributed by atoms with Gasteiger partial charge in [-0.2, -0.15) is 13.2 Å². The normalized spacial score (nSPS) is 12.8. The van der Waals surface area contributed by atoms with Gasteiger partial charge in [-0.1, -0.05) is 6.07 Å². The van der Waals surface area contributed by atoms with Crippen LogP contribution in [0.3, 0.4) is 0 Å². The van der Waals surface area contributed by atoms with Gasteiger partial charge in [0.2, 0.25) is 10.0 Å². The molecule has 2 rings (SSSR count). The van der Waals surface area contributed by atoms with Crippen LogP contribution in [-0.2, 0) is 16.6 Å². The average Bonchev–Trinajstić information content (AvgIpc) is 2.74. The molecule has 2 aromatic rings. The molecule has 0 aliphatic rings. The van der Waals surface area contributed by atoms with E-state index in [1.807, 2.05) is 0 Å². The molecule has 0 saturated carbocycles. The van der Waals surface area contributed by atoms with Gasteiger partial charge >= 0.3 is 6.18 Å². The number of aryl methyl sites for hydroxylation is 1. The first-order valence-corrected chi connectivity index (χ1v) is 7.43. The van der Waals surface area contributed by atoms with E-state index in [0.29, 0.717) is 5.52 Å². The fraction of sp³-hybridized carbons (Fsp3) is 0.333. The smallest absolute Gasteiger partial charge is 0.390 e. The third-order valence-electron chi connectivity index (χ3n) is 3.00. The van der Waals surface area contributed by atoms with E-state index >= 15 is 0 Å². The van der Waals surface area contributed by atoms with Crippen LogP contribution in [0.25, 0.3) is 10.9 Å². The van der Waals surface area contributed by atoms with Gasteiger partial charge in [0.1, 0.15) is 10.6 Å². The van der Waals surface area contributed by atoms with Crippen LogP contribution >= 0.6 is 0 Å². The number of fused-ring (bicyclic) bond motifs is 1. The van der Waals surface area contributed by atoms with Gasteiger partial charge in [-0.25, -0.2) is 13.6 Å². The number of halogens is 3. The quantitative estimate of drug-likeness (QED) is 0.938. The van der Waals surface area contributed by atoms with E-state index in [1.165, 1.54) is 23.8 Å². The highest BCUT2D eigenvalue weighted by atomic mass is 32.2. The summed E-state index contributed by atoms with van der Waals surface area (Å²) in [6.07, 6.45) is -4.30. The van der Waals surface area contributed by atoms with Crippen LogP contribution in [0.4, 0.5) is 13.2 Å². The number of primary sulfonamides is 1. The van der Waals surface area contributed by atoms with Gasteiger partial charge in [0, 0.05) is 12.7 Å². The van der Waals surface area contributed by atoms with Crippen LogP contribution in [0.2, 0.25) is 0 Å². The highest BCUT2D eigenvalue weighted by molar-refractivity contribution is 7.89. The number of nitrogens with two attached hydrogens (primary N) is 1. The maximum atomic E-state index is 12.3. The molecule has 116 valence electrons. The number of methoxy groups -OCH3 is 1. The number of benzene rings is 1. The molecule has 0 atom stereocenters. The Morgan fingerprint density at radius 1 is 1.33 bits per heavy atom. The van der Waals surface area contributed by atoms with E-state index in [1.54, 1.807) is 6.07 Å². The first kappa shape index (κ1) is 15.6. The molecule has 0 saturated heterocycles. The lowest BCUT2D eigenvalue weighted by molar-refractivity contribution is -0.136. The molecule has 21 heavy (non-hydrogen) atoms. The molecule has 0 fully saturated rings. The molecule has 0 bridgehead atoms. The molecule has 1 heterocycles. The third-order valence-corrected chi connectivity index (χ3v) is 3.92. The summed E-state index contributed by atoms with van der Waals surface area (Å²) >= 11 is 0. The van der Waals surface area contributed by atoms with E-state index in [9.17, 15) is 21.6 Å². The van der Waals surface area contributed by atoms with Crippen molar-refractivity contribution in [2.45, 2.75) is 24.0 Å². The molecule has 0 amide bonds. The maximum absolute atomic E-state index is 12.3. The Bertz CT molecular complexity index is 766. The largest absolute Gasteiger partial charge is 0.496 e. The predicted octanol–water partition coefficient (Wildman–Crippen LogP) is 2.25. The summed E-state index contributed by atoms with van der Waals surface area (Å²) in [5, 5.41) is 5.31. The minimum absolute atomic E-state index is 0.185. The molecule has 5 nitrogen and oxygen atoms in total. The van der Waals surface area contributed by atoms with Gasteiger partial charge in [-0.05, 0) is 12.1 Å². The lowest BCUT2D eigenvalue weighted by Gasteiger charge is -2.08. The highest BCUT2D eigenvalue weighted by Gasteiger charge is 2.28. The fourth-order valence-electron chi connectivity index (χ4n) is 2.10. The summed E-state index contributed by atoms with van der Waals surface area (Å²) in [5.74, 6) is 0.238. The summed E-state index contributed by atoms with van der Waals surface area (Å²) in [6, 6.07) is 4.60. The molecular weight excluding hydrogens is 309 g/mol. The molecule has 0 aliphatic heterocycles. The van der Waals surface area contributed by atoms with Gasteiger partial charge in [-0.15, -0.1) is 0 Å². The van der Waals surface area contributed by atoms with Crippen LogP contribution in [0.5, 0.6) is 5.75 Å². The Balaban J connectivity index is 2.63. The number of sulfonamides is 1. The van der Waals surface area contributed by atoms with Gasteiger partial charge in [0.25, 0.3) is 0 Å². The number of aromatic nitrogens is 1. The lowest BCUT2D eigenvalue weighted by atomic mass is 10.2. The zero-order valence-electron chi connectivity index (χ0n) is 11.0. The zero-order valence-corrected chi connectivity index (χ0v) is 11.8. The van der Waals surface area contributed by atoms with Crippen LogP contribution in [0.1, 0.15) is 6.42 Å². The van der Waals surface area contributed by atoms with Gasteiger partial charge < -0.3 is 9.30 Å². The highest BCUT2D eigenvalue weighted by Crippen LogP contribution is 2.33. The van der Waals surface area contributed by atoms with Gasteiger partial charge in [0.15, 0.2) is 0 Å². The van der Waals surface area contributed by atoms with Gasteiger partial charge in [-0.3, -0.25) is 0 Å². The Morgan fingerprint density at radius 2 is 2.00 bits per heavy atom. The Labute approximate surface area is 119 Å². The summed E-state index contributed by atoms with van der Waals surface area (Å²) in [4.78, 5) is -0.253. The average molecular weight is 322 g/mol. The van der Waals surface area contributed by atoms with Crippen molar-refractivity contribution in [1.82, 2.24) is 4.57 Å². The number of hydrogen-bond donors (Lipinski definition) is 1. The fourth-order valence-corrected chi connectivity index (χ4v) is 2.86. The number of hydrogen-bond acceptors (Lipinski definition) is 3. The molecule has 0 aliphatic carbocycles. The number of rotatable bonds is 4. The van der Waals surface area contributed by atoms with E-state index in [2.05, 4.69) is 0 Å². The van der Waals surface area contributed by atoms with Crippen molar-refractivity contribution in [3.63, 3.8) is 0 Å². The summed E-state index contributed by atoms with van der Waals surface area (Å²) < 4.78 is 66.6. The molecule has 1 aromatic carbocycles. The molecule has 0 radical (unpaired) electrons.